The Hall–Kier alpha value is -0.420. The molecule has 1 fully saturated rings. The van der Waals surface area contributed by atoms with E-state index in [1.165, 1.54) is 0 Å². The number of carbonyl (C=O) groups excluding carboxylic acids is 1. The molecular weight excluding hydrogens is 354 g/mol. The van der Waals surface area contributed by atoms with Crippen molar-refractivity contribution in [2.24, 2.45) is 0 Å². The maximum atomic E-state index is 12.2. The van der Waals surface area contributed by atoms with Crippen molar-refractivity contribution < 1.29 is 9.53 Å². The van der Waals surface area contributed by atoms with Gasteiger partial charge in [-0.2, -0.15) is 0 Å². The monoisotopic (exact) mass is 373 g/mol. The zero-order valence-corrected chi connectivity index (χ0v) is 14.6. The molecule has 116 valence electrons. The first-order valence-corrected chi connectivity index (χ1v) is 8.59. The Morgan fingerprint density at radius 2 is 2.14 bits per heavy atom. The number of carbonyl (C=O) groups is 1. The fourth-order valence-corrected chi connectivity index (χ4v) is 3.42. The molecule has 5 heteroatoms. The molecule has 0 spiro atoms. The number of likely N-dealkylation sites (tertiary alicyclic amines) is 1. The molecule has 1 aromatic rings. The zero-order chi connectivity index (χ0) is 15.2. The molecule has 0 aromatic heterocycles. The van der Waals surface area contributed by atoms with E-state index in [9.17, 15) is 4.79 Å². The normalized spacial score (nSPS) is 17.1. The lowest BCUT2D eigenvalue weighted by Crippen LogP contribution is -2.38. The van der Waals surface area contributed by atoms with Crippen LogP contribution in [-0.2, 0) is 4.74 Å². The van der Waals surface area contributed by atoms with Gasteiger partial charge in [-0.25, -0.2) is 0 Å². The summed E-state index contributed by atoms with van der Waals surface area (Å²) in [7, 11) is 0. The van der Waals surface area contributed by atoms with E-state index in [0.29, 0.717) is 23.1 Å². The van der Waals surface area contributed by atoms with Gasteiger partial charge >= 0.3 is 0 Å². The second kappa shape index (κ2) is 8.28. The summed E-state index contributed by atoms with van der Waals surface area (Å²) in [4.78, 5) is 14.6. The fraction of sp³-hybridized carbons (Fsp3) is 0.562. The first kappa shape index (κ1) is 16.9. The zero-order valence-electron chi connectivity index (χ0n) is 12.3. The highest BCUT2D eigenvalue weighted by atomic mass is 79.9. The molecule has 0 atom stereocenters. The summed E-state index contributed by atoms with van der Waals surface area (Å²) in [5, 5.41) is 0.518. The average Bonchev–Trinajstić information content (AvgIpc) is 2.46. The highest BCUT2D eigenvalue weighted by Gasteiger charge is 2.20. The van der Waals surface area contributed by atoms with E-state index in [4.69, 9.17) is 16.3 Å². The maximum absolute atomic E-state index is 12.2. The molecule has 0 N–H and O–H groups in total. The van der Waals surface area contributed by atoms with Crippen molar-refractivity contribution in [2.75, 3.05) is 26.2 Å². The molecule has 0 bridgehead atoms. The molecule has 1 saturated heterocycles. The summed E-state index contributed by atoms with van der Waals surface area (Å²) in [5.41, 5.74) is 0.615. The molecule has 1 aliphatic heterocycles. The van der Waals surface area contributed by atoms with Gasteiger partial charge in [0.1, 0.15) is 0 Å². The smallest absolute Gasteiger partial charge is 0.165 e. The topological polar surface area (TPSA) is 29.5 Å². The van der Waals surface area contributed by atoms with Gasteiger partial charge in [-0.1, -0.05) is 27.5 Å². The number of Topliss-reactive ketones (excluding diaryl/α,β-unsaturated/α-hetero) is 1. The lowest BCUT2D eigenvalue weighted by Gasteiger charge is -2.31. The number of piperidine rings is 1. The molecule has 0 aliphatic carbocycles. The lowest BCUT2D eigenvalue weighted by atomic mass is 10.1. The summed E-state index contributed by atoms with van der Waals surface area (Å²) >= 11 is 9.47. The summed E-state index contributed by atoms with van der Waals surface area (Å²) in [5.74, 6) is 0.111. The van der Waals surface area contributed by atoms with Gasteiger partial charge in [0.25, 0.3) is 0 Å². The van der Waals surface area contributed by atoms with Crippen LogP contribution in [0, 0.1) is 0 Å². The largest absolute Gasteiger partial charge is 0.378 e. The Morgan fingerprint density at radius 1 is 1.43 bits per heavy atom. The predicted molar refractivity (Wildman–Crippen MR) is 89.2 cm³/mol. The van der Waals surface area contributed by atoms with Crippen molar-refractivity contribution in [3.63, 3.8) is 0 Å². The predicted octanol–water partition coefficient (Wildman–Crippen LogP) is 4.18. The lowest BCUT2D eigenvalue weighted by molar-refractivity contribution is 0.0143. The molecule has 0 saturated carbocycles. The Morgan fingerprint density at radius 3 is 2.76 bits per heavy atom. The fourth-order valence-electron chi connectivity index (χ4n) is 2.65. The average molecular weight is 375 g/mol. The van der Waals surface area contributed by atoms with Crippen LogP contribution in [0.4, 0.5) is 0 Å². The summed E-state index contributed by atoms with van der Waals surface area (Å²) in [6.07, 6.45) is 3.02. The van der Waals surface area contributed by atoms with E-state index in [1.54, 1.807) is 12.1 Å². The number of ketones is 1. The van der Waals surface area contributed by atoms with Gasteiger partial charge in [0.15, 0.2) is 5.78 Å². The van der Waals surface area contributed by atoms with Crippen LogP contribution in [0.3, 0.4) is 0 Å². The molecule has 1 aromatic carbocycles. The van der Waals surface area contributed by atoms with Crippen molar-refractivity contribution in [1.29, 1.82) is 0 Å². The van der Waals surface area contributed by atoms with Gasteiger partial charge in [0, 0.05) is 42.7 Å². The first-order valence-electron chi connectivity index (χ1n) is 7.42. The number of benzene rings is 1. The third-order valence-electron chi connectivity index (χ3n) is 3.82. The SMILES string of the molecule is CCOC1CCN(CCC(=O)c2ccc(Br)cc2Cl)CC1. The van der Waals surface area contributed by atoms with Crippen LogP contribution < -0.4 is 0 Å². The molecular formula is C16H21BrClNO2. The third kappa shape index (κ3) is 5.06. The minimum absolute atomic E-state index is 0.111. The van der Waals surface area contributed by atoms with Crippen molar-refractivity contribution in [3.05, 3.63) is 33.3 Å². The van der Waals surface area contributed by atoms with Crippen LogP contribution in [0.25, 0.3) is 0 Å². The Kier molecular flexibility index (Phi) is 6.68. The highest BCUT2D eigenvalue weighted by Crippen LogP contribution is 2.23. The van der Waals surface area contributed by atoms with Gasteiger partial charge in [0.2, 0.25) is 0 Å². The number of halogens is 2. The van der Waals surface area contributed by atoms with Gasteiger partial charge in [-0.05, 0) is 38.0 Å². The van der Waals surface area contributed by atoms with Crippen LogP contribution in [0.1, 0.15) is 36.5 Å². The van der Waals surface area contributed by atoms with E-state index in [2.05, 4.69) is 20.8 Å². The Labute approximate surface area is 139 Å². The van der Waals surface area contributed by atoms with E-state index >= 15 is 0 Å². The van der Waals surface area contributed by atoms with Crippen LogP contribution in [-0.4, -0.2) is 43.0 Å². The molecule has 0 unspecified atom stereocenters. The number of hydrogen-bond acceptors (Lipinski definition) is 3. The van der Waals surface area contributed by atoms with E-state index in [0.717, 1.165) is 43.6 Å². The van der Waals surface area contributed by atoms with Gasteiger partial charge in [0.05, 0.1) is 11.1 Å². The van der Waals surface area contributed by atoms with E-state index in [-0.39, 0.29) is 5.78 Å². The van der Waals surface area contributed by atoms with Gasteiger partial charge < -0.3 is 9.64 Å². The van der Waals surface area contributed by atoms with Crippen molar-refractivity contribution in [2.45, 2.75) is 32.3 Å². The number of ether oxygens (including phenoxy) is 1. The number of rotatable bonds is 6. The second-order valence-corrected chi connectivity index (χ2v) is 6.62. The van der Waals surface area contributed by atoms with Crippen LogP contribution in [0.2, 0.25) is 5.02 Å². The van der Waals surface area contributed by atoms with E-state index < -0.39 is 0 Å². The third-order valence-corrected chi connectivity index (χ3v) is 4.63. The van der Waals surface area contributed by atoms with Gasteiger partial charge in [-0.15, -0.1) is 0 Å². The van der Waals surface area contributed by atoms with E-state index in [1.807, 2.05) is 13.0 Å². The highest BCUT2D eigenvalue weighted by molar-refractivity contribution is 9.10. The van der Waals surface area contributed by atoms with Gasteiger partial charge in [-0.3, -0.25) is 4.79 Å². The number of hydrogen-bond donors (Lipinski definition) is 0. The summed E-state index contributed by atoms with van der Waals surface area (Å²) in [6.45, 7) is 5.63. The maximum Gasteiger partial charge on any atom is 0.165 e. The minimum Gasteiger partial charge on any atom is -0.378 e. The van der Waals surface area contributed by atoms with Crippen LogP contribution >= 0.6 is 27.5 Å². The quantitative estimate of drug-likeness (QED) is 0.700. The molecule has 2 rings (SSSR count). The van der Waals surface area contributed by atoms with Crippen molar-refractivity contribution in [1.82, 2.24) is 4.90 Å². The molecule has 3 nitrogen and oxygen atoms in total. The molecule has 1 heterocycles. The second-order valence-electron chi connectivity index (χ2n) is 5.29. The number of nitrogens with zero attached hydrogens (tertiary/aromatic N) is 1. The van der Waals surface area contributed by atoms with Crippen LogP contribution in [0.15, 0.2) is 22.7 Å². The molecule has 0 amide bonds. The molecule has 21 heavy (non-hydrogen) atoms. The standard InChI is InChI=1S/C16H21BrClNO2/c1-2-21-13-5-8-19(9-6-13)10-7-16(20)14-4-3-12(17)11-15(14)18/h3-4,11,13H,2,5-10H2,1H3. The summed E-state index contributed by atoms with van der Waals surface area (Å²) in [6, 6.07) is 5.41. The Bertz CT molecular complexity index is 487. The Balaban J connectivity index is 1.79. The van der Waals surface area contributed by atoms with Crippen molar-refractivity contribution in [3.8, 4) is 0 Å². The molecule has 0 radical (unpaired) electrons. The van der Waals surface area contributed by atoms with Crippen molar-refractivity contribution >= 4 is 33.3 Å². The molecule has 1 aliphatic rings. The van der Waals surface area contributed by atoms with Crippen LogP contribution in [0.5, 0.6) is 0 Å². The first-order chi connectivity index (χ1) is 10.1. The minimum atomic E-state index is 0.111. The summed E-state index contributed by atoms with van der Waals surface area (Å²) < 4.78 is 6.53.